The van der Waals surface area contributed by atoms with E-state index < -0.39 is 11.2 Å². The Kier molecular flexibility index (Phi) is 1.77. The molecule has 0 saturated heterocycles. The summed E-state index contributed by atoms with van der Waals surface area (Å²) in [5, 5.41) is 19.3. The summed E-state index contributed by atoms with van der Waals surface area (Å²) in [5.41, 5.74) is -1.74. The minimum atomic E-state index is -0.870. The summed E-state index contributed by atoms with van der Waals surface area (Å²) in [6.45, 7) is 3.43. The van der Waals surface area contributed by atoms with Crippen LogP contribution in [0.3, 0.4) is 0 Å². The molecule has 2 atom stereocenters. The lowest BCUT2D eigenvalue weighted by Crippen LogP contribution is -2.51. The van der Waals surface area contributed by atoms with Crippen molar-refractivity contribution in [2.24, 2.45) is 0 Å². The number of rotatable bonds is 0. The molecule has 0 unspecified atom stereocenters. The van der Waals surface area contributed by atoms with Gasteiger partial charge in [0.15, 0.2) is 0 Å². The van der Waals surface area contributed by atoms with Gasteiger partial charge in [0.1, 0.15) is 0 Å². The smallest absolute Gasteiger partial charge is 0.0902 e. The molecule has 0 aromatic carbocycles. The van der Waals surface area contributed by atoms with Crippen molar-refractivity contribution in [2.45, 2.75) is 50.7 Å². The Hall–Kier alpha value is -0.0800. The maximum absolute atomic E-state index is 9.65. The molecule has 10 heavy (non-hydrogen) atoms. The standard InChI is InChI=1S/C8H16O2/c1-7(9)5-3-4-6-8(7,2)10/h9-10H,3-6H2,1-2H3/t7-,8+. The van der Waals surface area contributed by atoms with E-state index in [1.54, 1.807) is 13.8 Å². The molecule has 60 valence electrons. The molecule has 1 saturated carbocycles. The van der Waals surface area contributed by atoms with Gasteiger partial charge < -0.3 is 10.2 Å². The largest absolute Gasteiger partial charge is 0.387 e. The zero-order valence-corrected chi connectivity index (χ0v) is 6.72. The average molecular weight is 144 g/mol. The highest BCUT2D eigenvalue weighted by Gasteiger charge is 2.43. The first-order valence-electron chi connectivity index (χ1n) is 3.90. The van der Waals surface area contributed by atoms with Crippen LogP contribution in [0.1, 0.15) is 39.5 Å². The molecule has 0 aromatic rings. The molecule has 1 rings (SSSR count). The Labute approximate surface area is 61.9 Å². The molecule has 2 nitrogen and oxygen atoms in total. The molecule has 0 spiro atoms. The normalized spacial score (nSPS) is 49.2. The molecular weight excluding hydrogens is 128 g/mol. The third-order valence-corrected chi connectivity index (χ3v) is 2.74. The lowest BCUT2D eigenvalue weighted by molar-refractivity contribution is -0.153. The lowest BCUT2D eigenvalue weighted by Gasteiger charge is -2.42. The van der Waals surface area contributed by atoms with Gasteiger partial charge in [-0.1, -0.05) is 12.8 Å². The molecule has 0 bridgehead atoms. The van der Waals surface area contributed by atoms with Crippen molar-refractivity contribution in [2.75, 3.05) is 0 Å². The van der Waals surface area contributed by atoms with Crippen LogP contribution in [-0.4, -0.2) is 21.4 Å². The zero-order chi connectivity index (χ0) is 7.83. The monoisotopic (exact) mass is 144 g/mol. The Bertz CT molecular complexity index is 111. The maximum Gasteiger partial charge on any atom is 0.0902 e. The minimum absolute atomic E-state index is 0.722. The van der Waals surface area contributed by atoms with Crippen LogP contribution in [0.25, 0.3) is 0 Å². The molecule has 0 aromatic heterocycles. The minimum Gasteiger partial charge on any atom is -0.387 e. The summed E-state index contributed by atoms with van der Waals surface area (Å²) >= 11 is 0. The van der Waals surface area contributed by atoms with E-state index in [2.05, 4.69) is 0 Å². The topological polar surface area (TPSA) is 40.5 Å². The fraction of sp³-hybridized carbons (Fsp3) is 1.00. The number of aliphatic hydroxyl groups is 2. The summed E-state index contributed by atoms with van der Waals surface area (Å²) in [7, 11) is 0. The fourth-order valence-electron chi connectivity index (χ4n) is 1.48. The maximum atomic E-state index is 9.65. The van der Waals surface area contributed by atoms with Crippen LogP contribution in [0.2, 0.25) is 0 Å². The molecular formula is C8H16O2. The first kappa shape index (κ1) is 8.02. The molecule has 1 aliphatic carbocycles. The predicted octanol–water partition coefficient (Wildman–Crippen LogP) is 1.06. The number of hydrogen-bond acceptors (Lipinski definition) is 2. The Morgan fingerprint density at radius 2 is 1.20 bits per heavy atom. The Morgan fingerprint density at radius 1 is 0.900 bits per heavy atom. The summed E-state index contributed by atoms with van der Waals surface area (Å²) in [5.74, 6) is 0. The highest BCUT2D eigenvalue weighted by Crippen LogP contribution is 2.36. The van der Waals surface area contributed by atoms with E-state index in [1.165, 1.54) is 0 Å². The van der Waals surface area contributed by atoms with Crippen molar-refractivity contribution < 1.29 is 10.2 Å². The second-order valence-corrected chi connectivity index (χ2v) is 3.75. The highest BCUT2D eigenvalue weighted by atomic mass is 16.4. The van der Waals surface area contributed by atoms with Gasteiger partial charge in [0, 0.05) is 0 Å². The van der Waals surface area contributed by atoms with Crippen molar-refractivity contribution in [3.05, 3.63) is 0 Å². The zero-order valence-electron chi connectivity index (χ0n) is 6.72. The van der Waals surface area contributed by atoms with Gasteiger partial charge in [-0.05, 0) is 26.7 Å². The van der Waals surface area contributed by atoms with Gasteiger partial charge in [-0.15, -0.1) is 0 Å². The van der Waals surface area contributed by atoms with Gasteiger partial charge >= 0.3 is 0 Å². The first-order chi connectivity index (χ1) is 4.46. The van der Waals surface area contributed by atoms with Crippen molar-refractivity contribution in [3.63, 3.8) is 0 Å². The van der Waals surface area contributed by atoms with Crippen molar-refractivity contribution in [3.8, 4) is 0 Å². The Balaban J connectivity index is 2.70. The predicted molar refractivity (Wildman–Crippen MR) is 39.7 cm³/mol. The summed E-state index contributed by atoms with van der Waals surface area (Å²) in [6.07, 6.45) is 3.51. The molecule has 2 N–H and O–H groups in total. The fourth-order valence-corrected chi connectivity index (χ4v) is 1.48. The quantitative estimate of drug-likeness (QED) is 0.533. The van der Waals surface area contributed by atoms with Crippen molar-refractivity contribution in [1.82, 2.24) is 0 Å². The van der Waals surface area contributed by atoms with Crippen molar-refractivity contribution >= 4 is 0 Å². The molecule has 0 radical (unpaired) electrons. The van der Waals surface area contributed by atoms with Crippen LogP contribution in [0.4, 0.5) is 0 Å². The summed E-state index contributed by atoms with van der Waals surface area (Å²) in [6, 6.07) is 0. The second kappa shape index (κ2) is 2.21. The van der Waals surface area contributed by atoms with Crippen LogP contribution in [-0.2, 0) is 0 Å². The van der Waals surface area contributed by atoms with E-state index in [-0.39, 0.29) is 0 Å². The van der Waals surface area contributed by atoms with Crippen LogP contribution in [0, 0.1) is 0 Å². The first-order valence-corrected chi connectivity index (χ1v) is 3.90. The summed E-state index contributed by atoms with van der Waals surface area (Å²) < 4.78 is 0. The Morgan fingerprint density at radius 3 is 1.40 bits per heavy atom. The van der Waals surface area contributed by atoms with E-state index in [0.29, 0.717) is 0 Å². The van der Waals surface area contributed by atoms with Crippen LogP contribution in [0.15, 0.2) is 0 Å². The summed E-state index contributed by atoms with van der Waals surface area (Å²) in [4.78, 5) is 0. The van der Waals surface area contributed by atoms with Crippen molar-refractivity contribution in [1.29, 1.82) is 0 Å². The second-order valence-electron chi connectivity index (χ2n) is 3.75. The van der Waals surface area contributed by atoms with E-state index in [9.17, 15) is 10.2 Å². The van der Waals surface area contributed by atoms with Crippen LogP contribution in [0.5, 0.6) is 0 Å². The van der Waals surface area contributed by atoms with E-state index in [1.807, 2.05) is 0 Å². The molecule has 0 amide bonds. The van der Waals surface area contributed by atoms with Gasteiger partial charge in [0.2, 0.25) is 0 Å². The third kappa shape index (κ3) is 1.18. The van der Waals surface area contributed by atoms with Gasteiger partial charge in [0.05, 0.1) is 11.2 Å². The SMILES string of the molecule is C[C@]1(O)CCCC[C@@]1(C)O. The molecule has 2 heteroatoms. The molecule has 0 aliphatic heterocycles. The van der Waals surface area contributed by atoms with Crippen LogP contribution >= 0.6 is 0 Å². The number of hydrogen-bond donors (Lipinski definition) is 2. The third-order valence-electron chi connectivity index (χ3n) is 2.74. The van der Waals surface area contributed by atoms with Crippen LogP contribution < -0.4 is 0 Å². The van der Waals surface area contributed by atoms with E-state index in [0.717, 1.165) is 25.7 Å². The van der Waals surface area contributed by atoms with Gasteiger partial charge in [-0.3, -0.25) is 0 Å². The molecule has 1 fully saturated rings. The van der Waals surface area contributed by atoms with Gasteiger partial charge in [-0.2, -0.15) is 0 Å². The average Bonchev–Trinajstić information content (AvgIpc) is 1.77. The highest BCUT2D eigenvalue weighted by molar-refractivity contribution is 4.96. The van der Waals surface area contributed by atoms with Gasteiger partial charge in [-0.25, -0.2) is 0 Å². The lowest BCUT2D eigenvalue weighted by atomic mass is 9.74. The van der Waals surface area contributed by atoms with E-state index >= 15 is 0 Å². The molecule has 1 aliphatic rings. The van der Waals surface area contributed by atoms with Gasteiger partial charge in [0.25, 0.3) is 0 Å². The molecule has 0 heterocycles. The van der Waals surface area contributed by atoms with E-state index in [4.69, 9.17) is 0 Å².